The van der Waals surface area contributed by atoms with E-state index in [1.807, 2.05) is 36.4 Å². The van der Waals surface area contributed by atoms with Gasteiger partial charge in [-0.05, 0) is 24.5 Å². The average Bonchev–Trinajstić information content (AvgIpc) is 2.69. The predicted molar refractivity (Wildman–Crippen MR) is 114 cm³/mol. The second-order valence-electron chi connectivity index (χ2n) is 7.93. The number of nitrogens with zero attached hydrogens (tertiary/aromatic N) is 2. The van der Waals surface area contributed by atoms with Crippen molar-refractivity contribution < 1.29 is 5.11 Å². The summed E-state index contributed by atoms with van der Waals surface area (Å²) in [6.07, 6.45) is 1.53. The zero-order valence-electron chi connectivity index (χ0n) is 16.8. The summed E-state index contributed by atoms with van der Waals surface area (Å²) in [6, 6.07) is 18.3. The molecule has 5 nitrogen and oxygen atoms in total. The van der Waals surface area contributed by atoms with Gasteiger partial charge in [-0.25, -0.2) is 4.98 Å². The third kappa shape index (κ3) is 5.00. The van der Waals surface area contributed by atoms with Gasteiger partial charge in [0.1, 0.15) is 5.82 Å². The molecule has 0 amide bonds. The van der Waals surface area contributed by atoms with Crippen molar-refractivity contribution in [3.63, 3.8) is 0 Å². The van der Waals surface area contributed by atoms with Crippen molar-refractivity contribution >= 4 is 0 Å². The fourth-order valence-corrected chi connectivity index (χ4v) is 4.04. The van der Waals surface area contributed by atoms with Crippen LogP contribution in [-0.2, 0) is 25.8 Å². The minimum atomic E-state index is -0.452. The number of hydrogen-bond acceptors (Lipinski definition) is 4. The smallest absolute Gasteiger partial charge is 0.255 e. The van der Waals surface area contributed by atoms with Crippen LogP contribution in [0.1, 0.15) is 33.8 Å². The zero-order valence-corrected chi connectivity index (χ0v) is 16.8. The number of nitrogens with one attached hydrogen (secondary N) is 1. The van der Waals surface area contributed by atoms with Crippen LogP contribution in [0.2, 0.25) is 0 Å². The molecule has 0 fully saturated rings. The molecule has 0 saturated heterocycles. The lowest BCUT2D eigenvalue weighted by Gasteiger charge is -2.29. The van der Waals surface area contributed by atoms with Crippen LogP contribution in [0.3, 0.4) is 0 Å². The van der Waals surface area contributed by atoms with Gasteiger partial charge in [-0.2, -0.15) is 0 Å². The van der Waals surface area contributed by atoms with Crippen LogP contribution in [0, 0.1) is 6.92 Å². The molecule has 0 spiro atoms. The van der Waals surface area contributed by atoms with E-state index in [1.165, 1.54) is 5.56 Å². The summed E-state index contributed by atoms with van der Waals surface area (Å²) >= 11 is 0. The van der Waals surface area contributed by atoms with Crippen LogP contribution in [-0.4, -0.2) is 39.2 Å². The van der Waals surface area contributed by atoms with E-state index < -0.39 is 6.10 Å². The molecule has 0 aliphatic carbocycles. The standard InChI is InChI=1S/C24H27N3O2/c1-17-6-5-9-19(12-17)14-23-25-22-10-11-27(16-21(22)24(29)26-23)15-20(28)13-18-7-3-2-4-8-18/h2-9,12,20,28H,10-11,13-16H2,1H3,(H,25,26,29)/t20-/m0/s1. The third-order valence-corrected chi connectivity index (χ3v) is 5.43. The van der Waals surface area contributed by atoms with Gasteiger partial charge in [0.25, 0.3) is 5.56 Å². The number of aliphatic hydroxyl groups is 1. The van der Waals surface area contributed by atoms with E-state index >= 15 is 0 Å². The molecule has 29 heavy (non-hydrogen) atoms. The molecule has 150 valence electrons. The van der Waals surface area contributed by atoms with Crippen molar-refractivity contribution in [3.8, 4) is 0 Å². The fourth-order valence-electron chi connectivity index (χ4n) is 4.04. The third-order valence-electron chi connectivity index (χ3n) is 5.43. The first-order valence-electron chi connectivity index (χ1n) is 10.2. The number of fused-ring (bicyclic) bond motifs is 1. The Hall–Kier alpha value is -2.76. The summed E-state index contributed by atoms with van der Waals surface area (Å²) in [5.41, 5.74) is 5.04. The zero-order chi connectivity index (χ0) is 20.2. The Morgan fingerprint density at radius 2 is 1.93 bits per heavy atom. The van der Waals surface area contributed by atoms with Crippen molar-refractivity contribution in [2.45, 2.75) is 38.8 Å². The first-order chi connectivity index (χ1) is 14.1. The van der Waals surface area contributed by atoms with E-state index in [-0.39, 0.29) is 5.56 Å². The summed E-state index contributed by atoms with van der Waals surface area (Å²) < 4.78 is 0. The number of aliphatic hydroxyl groups excluding tert-OH is 1. The van der Waals surface area contributed by atoms with Crippen molar-refractivity contribution in [1.29, 1.82) is 0 Å². The Bertz CT molecular complexity index is 1030. The Balaban J connectivity index is 1.42. The second-order valence-corrected chi connectivity index (χ2v) is 7.93. The van der Waals surface area contributed by atoms with E-state index in [0.717, 1.165) is 41.2 Å². The lowest BCUT2D eigenvalue weighted by atomic mass is 10.0. The van der Waals surface area contributed by atoms with E-state index in [1.54, 1.807) is 0 Å². The van der Waals surface area contributed by atoms with Crippen LogP contribution in [0.15, 0.2) is 59.4 Å². The second kappa shape index (κ2) is 8.72. The summed E-state index contributed by atoms with van der Waals surface area (Å²) in [7, 11) is 0. The first kappa shape index (κ1) is 19.6. The van der Waals surface area contributed by atoms with Crippen LogP contribution >= 0.6 is 0 Å². The van der Waals surface area contributed by atoms with E-state index in [4.69, 9.17) is 4.98 Å². The number of aromatic amines is 1. The largest absolute Gasteiger partial charge is 0.391 e. The fraction of sp³-hybridized carbons (Fsp3) is 0.333. The minimum absolute atomic E-state index is 0.0556. The van der Waals surface area contributed by atoms with Crippen molar-refractivity contribution in [2.24, 2.45) is 0 Å². The lowest BCUT2D eigenvalue weighted by molar-refractivity contribution is 0.105. The highest BCUT2D eigenvalue weighted by molar-refractivity contribution is 5.27. The van der Waals surface area contributed by atoms with E-state index in [0.29, 0.717) is 25.9 Å². The van der Waals surface area contributed by atoms with Gasteiger partial charge < -0.3 is 10.1 Å². The SMILES string of the molecule is Cc1cccc(Cc2nc3c(c(=O)[nH]2)CN(C[C@@H](O)Cc2ccccc2)CC3)c1. The number of aryl methyl sites for hydroxylation is 1. The molecule has 1 aromatic heterocycles. The number of β-amino-alcohol motifs (C(OH)–C–C–N with tert-alkyl or cyclic N) is 1. The van der Waals surface area contributed by atoms with Gasteiger partial charge in [0.15, 0.2) is 0 Å². The normalized spacial score (nSPS) is 15.1. The maximum Gasteiger partial charge on any atom is 0.255 e. The molecule has 0 saturated carbocycles. The maximum atomic E-state index is 12.7. The molecule has 1 aliphatic heterocycles. The molecule has 4 rings (SSSR count). The van der Waals surface area contributed by atoms with Crippen molar-refractivity contribution in [2.75, 3.05) is 13.1 Å². The number of benzene rings is 2. The predicted octanol–water partition coefficient (Wildman–Crippen LogP) is 2.63. The highest BCUT2D eigenvalue weighted by atomic mass is 16.3. The quantitative estimate of drug-likeness (QED) is 0.680. The monoisotopic (exact) mass is 389 g/mol. The minimum Gasteiger partial charge on any atom is -0.391 e. The van der Waals surface area contributed by atoms with Gasteiger partial charge in [-0.1, -0.05) is 60.2 Å². The molecule has 5 heteroatoms. The number of H-pyrrole nitrogens is 1. The van der Waals surface area contributed by atoms with Gasteiger partial charge >= 0.3 is 0 Å². The molecule has 0 bridgehead atoms. The summed E-state index contributed by atoms with van der Waals surface area (Å²) in [5.74, 6) is 0.719. The highest BCUT2D eigenvalue weighted by Gasteiger charge is 2.23. The molecule has 2 aromatic carbocycles. The molecule has 0 radical (unpaired) electrons. The Morgan fingerprint density at radius 3 is 2.72 bits per heavy atom. The maximum absolute atomic E-state index is 12.7. The highest BCUT2D eigenvalue weighted by Crippen LogP contribution is 2.16. The molecule has 2 heterocycles. The van der Waals surface area contributed by atoms with Crippen molar-refractivity contribution in [1.82, 2.24) is 14.9 Å². The van der Waals surface area contributed by atoms with Gasteiger partial charge in [0, 0.05) is 32.5 Å². The molecule has 2 N–H and O–H groups in total. The lowest BCUT2D eigenvalue weighted by Crippen LogP contribution is -2.40. The topological polar surface area (TPSA) is 69.2 Å². The first-order valence-corrected chi connectivity index (χ1v) is 10.2. The molecule has 1 aliphatic rings. The number of rotatable bonds is 6. The van der Waals surface area contributed by atoms with Crippen LogP contribution in [0.4, 0.5) is 0 Å². The van der Waals surface area contributed by atoms with E-state index in [9.17, 15) is 9.90 Å². The molecule has 3 aromatic rings. The van der Waals surface area contributed by atoms with Crippen molar-refractivity contribution in [3.05, 3.63) is 98.7 Å². The summed E-state index contributed by atoms with van der Waals surface area (Å²) in [5, 5.41) is 10.5. The number of aromatic nitrogens is 2. The van der Waals surface area contributed by atoms with Crippen LogP contribution < -0.4 is 5.56 Å². The van der Waals surface area contributed by atoms with Gasteiger partial charge in [0.05, 0.1) is 17.4 Å². The average molecular weight is 389 g/mol. The van der Waals surface area contributed by atoms with Gasteiger partial charge in [-0.3, -0.25) is 9.69 Å². The summed E-state index contributed by atoms with van der Waals surface area (Å²) in [6.45, 7) is 3.96. The van der Waals surface area contributed by atoms with Crippen LogP contribution in [0.5, 0.6) is 0 Å². The Kier molecular flexibility index (Phi) is 5.88. The van der Waals surface area contributed by atoms with E-state index in [2.05, 4.69) is 35.0 Å². The molecular weight excluding hydrogens is 362 g/mol. The Labute approximate surface area is 171 Å². The number of hydrogen-bond donors (Lipinski definition) is 2. The summed E-state index contributed by atoms with van der Waals surface area (Å²) in [4.78, 5) is 22.5. The Morgan fingerprint density at radius 1 is 1.14 bits per heavy atom. The van der Waals surface area contributed by atoms with Gasteiger partial charge in [-0.15, -0.1) is 0 Å². The molecular formula is C24H27N3O2. The molecule has 0 unspecified atom stereocenters. The van der Waals surface area contributed by atoms with Gasteiger partial charge in [0.2, 0.25) is 0 Å². The molecule has 1 atom stereocenters. The van der Waals surface area contributed by atoms with Crippen LogP contribution in [0.25, 0.3) is 0 Å².